The van der Waals surface area contributed by atoms with Gasteiger partial charge in [0.25, 0.3) is 0 Å². The molecule has 1 heterocycles. The predicted molar refractivity (Wildman–Crippen MR) is 116 cm³/mol. The third-order valence-corrected chi connectivity index (χ3v) is 4.39. The lowest BCUT2D eigenvalue weighted by Gasteiger charge is -2.20. The highest BCUT2D eigenvalue weighted by molar-refractivity contribution is 14.0. The van der Waals surface area contributed by atoms with Gasteiger partial charge < -0.3 is 15.1 Å². The molecule has 6 nitrogen and oxygen atoms in total. The van der Waals surface area contributed by atoms with Crippen molar-refractivity contribution in [2.75, 3.05) is 26.7 Å². The van der Waals surface area contributed by atoms with E-state index in [1.165, 1.54) is 12.8 Å². The van der Waals surface area contributed by atoms with Gasteiger partial charge in [-0.1, -0.05) is 25.1 Å². The molecular weight excluding hydrogens is 441 g/mol. The Hall–Kier alpha value is -1.61. The summed E-state index contributed by atoms with van der Waals surface area (Å²) in [6, 6.07) is 10.7. The number of hydrogen-bond acceptors (Lipinski definition) is 4. The molecule has 1 aromatic heterocycles. The molecule has 1 saturated carbocycles. The van der Waals surface area contributed by atoms with E-state index in [4.69, 9.17) is 4.42 Å². The van der Waals surface area contributed by atoms with Crippen LogP contribution in [0.1, 0.15) is 25.5 Å². The second-order valence-corrected chi connectivity index (χ2v) is 6.22. The molecule has 2 aromatic rings. The van der Waals surface area contributed by atoms with E-state index in [2.05, 4.69) is 32.4 Å². The number of aromatic nitrogens is 1. The summed E-state index contributed by atoms with van der Waals surface area (Å²) in [5.74, 6) is 1.43. The zero-order valence-electron chi connectivity index (χ0n) is 15.4. The van der Waals surface area contributed by atoms with Gasteiger partial charge in [-0.3, -0.25) is 9.89 Å². The lowest BCUT2D eigenvalue weighted by Crippen LogP contribution is -2.41. The normalized spacial score (nSPS) is 14.2. The van der Waals surface area contributed by atoms with Crippen LogP contribution in [0.5, 0.6) is 0 Å². The largest absolute Gasteiger partial charge is 0.444 e. The number of nitrogens with zero attached hydrogens (tertiary/aromatic N) is 3. The molecule has 0 radical (unpaired) electrons. The monoisotopic (exact) mass is 469 g/mol. The Kier molecular flexibility index (Phi) is 8.37. The Balaban J connectivity index is 0.00000243. The van der Waals surface area contributed by atoms with Gasteiger partial charge in [0.2, 0.25) is 5.89 Å². The summed E-state index contributed by atoms with van der Waals surface area (Å²) in [4.78, 5) is 11.3. The van der Waals surface area contributed by atoms with Gasteiger partial charge in [-0.15, -0.1) is 24.0 Å². The number of oxazole rings is 1. The minimum Gasteiger partial charge on any atom is -0.444 e. The van der Waals surface area contributed by atoms with Crippen molar-refractivity contribution in [1.82, 2.24) is 20.5 Å². The van der Waals surface area contributed by atoms with Crippen LogP contribution in [0.2, 0.25) is 0 Å². The van der Waals surface area contributed by atoms with Crippen LogP contribution in [0.4, 0.5) is 0 Å². The molecule has 0 saturated heterocycles. The van der Waals surface area contributed by atoms with Gasteiger partial charge in [-0.05, 0) is 31.5 Å². The smallest absolute Gasteiger partial charge is 0.226 e. The number of halogens is 1. The topological polar surface area (TPSA) is 65.7 Å². The second kappa shape index (κ2) is 10.5. The zero-order chi connectivity index (χ0) is 17.5. The minimum absolute atomic E-state index is 0. The Morgan fingerprint density at radius 2 is 2.04 bits per heavy atom. The van der Waals surface area contributed by atoms with Crippen LogP contribution >= 0.6 is 24.0 Å². The highest BCUT2D eigenvalue weighted by Crippen LogP contribution is 2.25. The zero-order valence-corrected chi connectivity index (χ0v) is 17.8. The average molecular weight is 469 g/mol. The number of benzene rings is 1. The lowest BCUT2D eigenvalue weighted by atomic mass is 10.2. The molecule has 0 bridgehead atoms. The number of nitrogens with one attached hydrogen (secondary N) is 2. The van der Waals surface area contributed by atoms with Gasteiger partial charge in [-0.25, -0.2) is 4.98 Å². The maximum absolute atomic E-state index is 5.56. The molecule has 1 aliphatic rings. The molecule has 1 aromatic carbocycles. The molecule has 142 valence electrons. The number of aliphatic imine (C=N–C) groups is 1. The van der Waals surface area contributed by atoms with E-state index in [0.29, 0.717) is 12.4 Å². The van der Waals surface area contributed by atoms with E-state index in [1.807, 2.05) is 30.3 Å². The van der Waals surface area contributed by atoms with Gasteiger partial charge in [-0.2, -0.15) is 0 Å². The molecule has 0 aliphatic heterocycles. The fraction of sp³-hybridized carbons (Fsp3) is 0.474. The summed E-state index contributed by atoms with van der Waals surface area (Å²) >= 11 is 0. The maximum atomic E-state index is 5.56. The van der Waals surface area contributed by atoms with Crippen molar-refractivity contribution in [1.29, 1.82) is 0 Å². The van der Waals surface area contributed by atoms with E-state index >= 15 is 0 Å². The fourth-order valence-electron chi connectivity index (χ4n) is 2.85. The SMILES string of the molecule is CCN(CCNC(=NC)NCc1coc(-c2ccccc2)n1)C1CC1.I. The van der Waals surface area contributed by atoms with Crippen LogP contribution in [-0.4, -0.2) is 48.6 Å². The molecule has 0 spiro atoms. The van der Waals surface area contributed by atoms with Crippen LogP contribution in [0, 0.1) is 0 Å². The van der Waals surface area contributed by atoms with E-state index in [-0.39, 0.29) is 24.0 Å². The van der Waals surface area contributed by atoms with Gasteiger partial charge in [0.05, 0.1) is 12.2 Å². The first-order chi connectivity index (χ1) is 12.3. The van der Waals surface area contributed by atoms with Crippen molar-refractivity contribution in [3.05, 3.63) is 42.3 Å². The Bertz CT molecular complexity index is 684. The molecule has 0 amide bonds. The standard InChI is InChI=1S/C19H27N5O.HI/c1-3-24(17-9-10-17)12-11-21-19(20-2)22-13-16-14-25-18(23-16)15-7-5-4-6-8-15;/h4-8,14,17H,3,9-13H2,1-2H3,(H2,20,21,22);1H. The number of rotatable bonds is 8. The van der Waals surface area contributed by atoms with E-state index in [1.54, 1.807) is 13.3 Å². The van der Waals surface area contributed by atoms with Crippen LogP contribution < -0.4 is 10.6 Å². The molecule has 1 fully saturated rings. The molecule has 0 unspecified atom stereocenters. The van der Waals surface area contributed by atoms with Crippen molar-refractivity contribution in [2.45, 2.75) is 32.4 Å². The fourth-order valence-corrected chi connectivity index (χ4v) is 2.85. The highest BCUT2D eigenvalue weighted by Gasteiger charge is 2.27. The molecule has 7 heteroatoms. The molecule has 0 atom stereocenters. The number of likely N-dealkylation sites (N-methyl/N-ethyl adjacent to an activating group) is 1. The minimum atomic E-state index is 0. The quantitative estimate of drug-likeness (QED) is 0.354. The molecule has 26 heavy (non-hydrogen) atoms. The van der Waals surface area contributed by atoms with Crippen LogP contribution in [0.3, 0.4) is 0 Å². The number of hydrogen-bond donors (Lipinski definition) is 2. The first kappa shape index (κ1) is 20.7. The summed E-state index contributed by atoms with van der Waals surface area (Å²) in [5, 5.41) is 6.65. The molecule has 3 rings (SSSR count). The van der Waals surface area contributed by atoms with Gasteiger partial charge in [0.1, 0.15) is 6.26 Å². The van der Waals surface area contributed by atoms with E-state index < -0.39 is 0 Å². The van der Waals surface area contributed by atoms with Crippen molar-refractivity contribution in [3.63, 3.8) is 0 Å². The van der Waals surface area contributed by atoms with E-state index in [9.17, 15) is 0 Å². The lowest BCUT2D eigenvalue weighted by molar-refractivity contribution is 0.282. The van der Waals surface area contributed by atoms with Crippen molar-refractivity contribution < 1.29 is 4.42 Å². The van der Waals surface area contributed by atoms with E-state index in [0.717, 1.165) is 42.9 Å². The molecular formula is C19H28IN5O. The number of guanidine groups is 1. The Morgan fingerprint density at radius 3 is 2.69 bits per heavy atom. The van der Waals surface area contributed by atoms with Crippen molar-refractivity contribution in [3.8, 4) is 11.5 Å². The second-order valence-electron chi connectivity index (χ2n) is 6.22. The summed E-state index contributed by atoms with van der Waals surface area (Å²) in [5.41, 5.74) is 1.84. The summed E-state index contributed by atoms with van der Waals surface area (Å²) in [6.45, 7) is 5.85. The summed E-state index contributed by atoms with van der Waals surface area (Å²) in [7, 11) is 1.78. The third kappa shape index (κ3) is 5.98. The Morgan fingerprint density at radius 1 is 1.27 bits per heavy atom. The van der Waals surface area contributed by atoms with Crippen LogP contribution in [0.15, 0.2) is 46.0 Å². The molecule has 1 aliphatic carbocycles. The van der Waals surface area contributed by atoms with Crippen LogP contribution in [0.25, 0.3) is 11.5 Å². The first-order valence-corrected chi connectivity index (χ1v) is 8.98. The maximum Gasteiger partial charge on any atom is 0.226 e. The average Bonchev–Trinajstić information content (AvgIpc) is 3.39. The van der Waals surface area contributed by atoms with Gasteiger partial charge in [0.15, 0.2) is 5.96 Å². The summed E-state index contributed by atoms with van der Waals surface area (Å²) in [6.07, 6.45) is 4.38. The predicted octanol–water partition coefficient (Wildman–Crippen LogP) is 3.11. The molecule has 2 N–H and O–H groups in total. The van der Waals surface area contributed by atoms with Crippen molar-refractivity contribution >= 4 is 29.9 Å². The first-order valence-electron chi connectivity index (χ1n) is 8.98. The van der Waals surface area contributed by atoms with Crippen molar-refractivity contribution in [2.24, 2.45) is 4.99 Å². The third-order valence-electron chi connectivity index (χ3n) is 4.39. The van der Waals surface area contributed by atoms with Gasteiger partial charge in [0, 0.05) is 31.7 Å². The summed E-state index contributed by atoms with van der Waals surface area (Å²) < 4.78 is 5.56. The van der Waals surface area contributed by atoms with Crippen LogP contribution in [-0.2, 0) is 6.54 Å². The Labute approximate surface area is 172 Å². The van der Waals surface area contributed by atoms with Gasteiger partial charge >= 0.3 is 0 Å². The highest BCUT2D eigenvalue weighted by atomic mass is 127.